The van der Waals surface area contributed by atoms with E-state index < -0.39 is 5.97 Å². The van der Waals surface area contributed by atoms with Crippen molar-refractivity contribution in [1.82, 2.24) is 4.98 Å². The molecule has 4 heterocycles. The summed E-state index contributed by atoms with van der Waals surface area (Å²) in [6.07, 6.45) is 6.91. The topological polar surface area (TPSA) is 80.5 Å². The minimum absolute atomic E-state index is 0.304. The molecule has 1 aromatic heterocycles. The standard InChI is InChI=1S/C22H28N4O2/c1-13-6-7-26(13)22-19(10-23)16-4-2-3-5-17(16)21(24-22)25-11-14-8-15(12-25)18(14)9-20(27)28/h13-15,18H,2-9,11-12H2,1H3,(H,27,28)/t13-,14-,15+,18?/m0/s1. The Morgan fingerprint density at radius 3 is 2.50 bits per heavy atom. The van der Waals surface area contributed by atoms with E-state index in [2.05, 4.69) is 22.8 Å². The molecule has 5 aliphatic rings. The third kappa shape index (κ3) is 2.67. The zero-order valence-corrected chi connectivity index (χ0v) is 16.5. The Bertz CT molecular complexity index is 849. The van der Waals surface area contributed by atoms with E-state index in [1.165, 1.54) is 11.1 Å². The average Bonchev–Trinajstić information content (AvgIpc) is 2.70. The Hall–Kier alpha value is -2.29. The van der Waals surface area contributed by atoms with Gasteiger partial charge in [0.05, 0.1) is 5.56 Å². The summed E-state index contributed by atoms with van der Waals surface area (Å²) in [6.45, 7) is 5.01. The maximum Gasteiger partial charge on any atom is 0.303 e. The normalized spacial score (nSPS) is 30.7. The molecule has 2 bridgehead atoms. The lowest BCUT2D eigenvalue weighted by atomic mass is 9.60. The van der Waals surface area contributed by atoms with E-state index in [-0.39, 0.29) is 0 Å². The summed E-state index contributed by atoms with van der Waals surface area (Å²) >= 11 is 0. The van der Waals surface area contributed by atoms with Crippen LogP contribution in [0, 0.1) is 29.1 Å². The molecule has 6 heteroatoms. The van der Waals surface area contributed by atoms with Crippen LogP contribution in [0.5, 0.6) is 0 Å². The Labute approximate surface area is 166 Å². The highest BCUT2D eigenvalue weighted by Gasteiger charge is 2.48. The molecular formula is C22H28N4O2. The third-order valence-electron chi connectivity index (χ3n) is 7.61. The minimum atomic E-state index is -0.670. The zero-order chi connectivity index (χ0) is 19.4. The molecule has 0 amide bonds. The van der Waals surface area contributed by atoms with E-state index in [1.807, 2.05) is 0 Å². The van der Waals surface area contributed by atoms with Gasteiger partial charge in [-0.3, -0.25) is 4.79 Å². The number of carboxylic acid groups (broad SMARTS) is 1. The number of hydrogen-bond acceptors (Lipinski definition) is 5. The van der Waals surface area contributed by atoms with Gasteiger partial charge in [0.15, 0.2) is 0 Å². The van der Waals surface area contributed by atoms with Crippen molar-refractivity contribution in [2.24, 2.45) is 17.8 Å². The molecule has 3 aliphatic heterocycles. The predicted molar refractivity (Wildman–Crippen MR) is 107 cm³/mol. The van der Waals surface area contributed by atoms with Gasteiger partial charge >= 0.3 is 5.97 Å². The third-order valence-corrected chi connectivity index (χ3v) is 7.61. The number of hydrogen-bond donors (Lipinski definition) is 1. The molecule has 148 valence electrons. The summed E-state index contributed by atoms with van der Waals surface area (Å²) in [4.78, 5) is 21.0. The molecule has 4 fully saturated rings. The second-order valence-corrected chi connectivity index (χ2v) is 9.16. The fraction of sp³-hybridized carbons (Fsp3) is 0.682. The maximum atomic E-state index is 11.2. The monoisotopic (exact) mass is 380 g/mol. The summed E-state index contributed by atoms with van der Waals surface area (Å²) in [5.41, 5.74) is 3.32. The van der Waals surface area contributed by atoms with E-state index in [4.69, 9.17) is 4.98 Å². The smallest absolute Gasteiger partial charge is 0.303 e. The highest BCUT2D eigenvalue weighted by atomic mass is 16.4. The molecule has 1 saturated carbocycles. The fourth-order valence-electron chi connectivity index (χ4n) is 5.90. The van der Waals surface area contributed by atoms with Crippen LogP contribution in [0.15, 0.2) is 0 Å². The zero-order valence-electron chi connectivity index (χ0n) is 16.5. The molecular weight excluding hydrogens is 352 g/mol. The second kappa shape index (κ2) is 6.65. The van der Waals surface area contributed by atoms with Gasteiger partial charge in [-0.2, -0.15) is 5.26 Å². The minimum Gasteiger partial charge on any atom is -0.481 e. The molecule has 0 spiro atoms. The van der Waals surface area contributed by atoms with E-state index in [9.17, 15) is 15.2 Å². The summed E-state index contributed by atoms with van der Waals surface area (Å²) in [7, 11) is 0. The SMILES string of the molecule is C[C@H]1CCN1c1nc(N2C[C@H]3C[C@@H](C2)C3CC(=O)O)c2c(c1C#N)CCCC2. The molecule has 3 saturated heterocycles. The first-order valence-electron chi connectivity index (χ1n) is 10.8. The molecule has 0 radical (unpaired) electrons. The quantitative estimate of drug-likeness (QED) is 0.865. The summed E-state index contributed by atoms with van der Waals surface area (Å²) < 4.78 is 0. The number of carbonyl (C=O) groups is 1. The van der Waals surface area contributed by atoms with E-state index in [0.29, 0.717) is 30.2 Å². The van der Waals surface area contributed by atoms with Gasteiger partial charge in [-0.15, -0.1) is 0 Å². The van der Waals surface area contributed by atoms with Crippen molar-refractivity contribution in [3.8, 4) is 6.07 Å². The van der Waals surface area contributed by atoms with Gasteiger partial charge in [0, 0.05) is 32.1 Å². The average molecular weight is 380 g/mol. The van der Waals surface area contributed by atoms with E-state index >= 15 is 0 Å². The van der Waals surface area contributed by atoms with Crippen LogP contribution in [0.1, 0.15) is 55.7 Å². The molecule has 6 rings (SSSR count). The van der Waals surface area contributed by atoms with Crippen molar-refractivity contribution in [3.05, 3.63) is 16.7 Å². The first-order valence-corrected chi connectivity index (χ1v) is 10.8. The van der Waals surface area contributed by atoms with Crippen LogP contribution < -0.4 is 9.80 Å². The van der Waals surface area contributed by atoms with E-state index in [0.717, 1.165) is 75.4 Å². The molecule has 4 atom stereocenters. The van der Waals surface area contributed by atoms with Crippen LogP contribution >= 0.6 is 0 Å². The Balaban J connectivity index is 1.51. The molecule has 28 heavy (non-hydrogen) atoms. The molecule has 1 aromatic rings. The molecule has 2 aliphatic carbocycles. The van der Waals surface area contributed by atoms with Crippen molar-refractivity contribution in [2.75, 3.05) is 29.4 Å². The second-order valence-electron chi connectivity index (χ2n) is 9.16. The van der Waals surface area contributed by atoms with Crippen LogP contribution in [0.3, 0.4) is 0 Å². The van der Waals surface area contributed by atoms with Gasteiger partial charge in [-0.1, -0.05) is 0 Å². The van der Waals surface area contributed by atoms with Gasteiger partial charge in [0.2, 0.25) is 0 Å². The number of aliphatic carboxylic acids is 1. The first kappa shape index (κ1) is 17.8. The van der Waals surface area contributed by atoms with Crippen molar-refractivity contribution in [2.45, 2.75) is 57.9 Å². The lowest BCUT2D eigenvalue weighted by Crippen LogP contribution is -2.56. The number of nitriles is 1. The maximum absolute atomic E-state index is 11.2. The Morgan fingerprint density at radius 1 is 1.21 bits per heavy atom. The van der Waals surface area contributed by atoms with Crippen LogP contribution in [0.2, 0.25) is 0 Å². The van der Waals surface area contributed by atoms with Crippen molar-refractivity contribution >= 4 is 17.6 Å². The van der Waals surface area contributed by atoms with Gasteiger partial charge in [0.25, 0.3) is 0 Å². The summed E-state index contributed by atoms with van der Waals surface area (Å²) in [5.74, 6) is 2.58. The molecule has 0 aromatic carbocycles. The van der Waals surface area contributed by atoms with Gasteiger partial charge < -0.3 is 14.9 Å². The van der Waals surface area contributed by atoms with Crippen LogP contribution in [-0.2, 0) is 17.6 Å². The molecule has 6 nitrogen and oxygen atoms in total. The Morgan fingerprint density at radius 2 is 1.93 bits per heavy atom. The van der Waals surface area contributed by atoms with Gasteiger partial charge in [-0.05, 0) is 74.3 Å². The first-order chi connectivity index (χ1) is 13.6. The number of anilines is 2. The highest BCUT2D eigenvalue weighted by molar-refractivity contribution is 5.69. The number of aromatic nitrogens is 1. The lowest BCUT2D eigenvalue weighted by Gasteiger charge is -2.54. The largest absolute Gasteiger partial charge is 0.481 e. The van der Waals surface area contributed by atoms with E-state index in [1.54, 1.807) is 0 Å². The van der Waals surface area contributed by atoms with Crippen LogP contribution in [-0.4, -0.2) is 41.7 Å². The summed E-state index contributed by atoms with van der Waals surface area (Å²) in [6, 6.07) is 2.93. The van der Waals surface area contributed by atoms with Crippen molar-refractivity contribution in [1.29, 1.82) is 5.26 Å². The Kier molecular flexibility index (Phi) is 4.22. The van der Waals surface area contributed by atoms with Crippen LogP contribution in [0.4, 0.5) is 11.6 Å². The fourth-order valence-corrected chi connectivity index (χ4v) is 5.90. The lowest BCUT2D eigenvalue weighted by molar-refractivity contribution is -0.141. The number of piperidine rings is 2. The van der Waals surface area contributed by atoms with Crippen molar-refractivity contribution < 1.29 is 9.90 Å². The van der Waals surface area contributed by atoms with Crippen LogP contribution in [0.25, 0.3) is 0 Å². The van der Waals surface area contributed by atoms with Gasteiger partial charge in [-0.25, -0.2) is 4.98 Å². The number of fused-ring (bicyclic) bond motifs is 3. The number of rotatable bonds is 4. The highest BCUT2D eigenvalue weighted by Crippen LogP contribution is 2.49. The predicted octanol–water partition coefficient (Wildman–Crippen LogP) is 2.98. The van der Waals surface area contributed by atoms with Gasteiger partial charge in [0.1, 0.15) is 17.7 Å². The number of carboxylic acids is 1. The number of pyridine rings is 1. The summed E-state index contributed by atoms with van der Waals surface area (Å²) in [5, 5.41) is 19.1. The molecule has 1 N–H and O–H groups in total. The van der Waals surface area contributed by atoms with Crippen molar-refractivity contribution in [3.63, 3.8) is 0 Å². The molecule has 1 unspecified atom stereocenters. The number of nitrogens with zero attached hydrogens (tertiary/aromatic N) is 4.